The van der Waals surface area contributed by atoms with Crippen molar-refractivity contribution in [2.75, 3.05) is 0 Å². The Morgan fingerprint density at radius 1 is 1.18 bits per heavy atom. The molecule has 4 heteroatoms. The molecule has 0 unspecified atom stereocenters. The average Bonchev–Trinajstić information content (AvgIpc) is 2.38. The monoisotopic (exact) mass is 292 g/mol. The molecule has 1 aromatic carbocycles. The summed E-state index contributed by atoms with van der Waals surface area (Å²) >= 11 is 3.46. The summed E-state index contributed by atoms with van der Waals surface area (Å²) in [6.45, 7) is 0.896. The molecule has 88 valence electrons. The van der Waals surface area contributed by atoms with Crippen molar-refractivity contribution in [3.8, 4) is 5.75 Å². The van der Waals surface area contributed by atoms with Gasteiger partial charge in [0.2, 0.25) is 0 Å². The summed E-state index contributed by atoms with van der Waals surface area (Å²) in [5, 5.41) is 0. The topological polar surface area (TPSA) is 48.1 Å². The number of nitrogens with zero attached hydrogens (tertiary/aromatic N) is 1. The van der Waals surface area contributed by atoms with Crippen molar-refractivity contribution in [2.24, 2.45) is 5.73 Å². The maximum absolute atomic E-state index is 5.76. The molecule has 0 aliphatic rings. The SMILES string of the molecule is NCc1cccc(Br)c1OCc1ccccn1. The molecule has 0 saturated carbocycles. The van der Waals surface area contributed by atoms with Gasteiger partial charge >= 0.3 is 0 Å². The van der Waals surface area contributed by atoms with Gasteiger partial charge in [0, 0.05) is 18.3 Å². The highest BCUT2D eigenvalue weighted by atomic mass is 79.9. The van der Waals surface area contributed by atoms with Crippen LogP contribution < -0.4 is 10.5 Å². The quantitative estimate of drug-likeness (QED) is 0.943. The van der Waals surface area contributed by atoms with E-state index in [-0.39, 0.29) is 0 Å². The summed E-state index contributed by atoms with van der Waals surface area (Å²) in [5.41, 5.74) is 7.55. The molecule has 2 N–H and O–H groups in total. The largest absolute Gasteiger partial charge is 0.486 e. The van der Waals surface area contributed by atoms with Crippen molar-refractivity contribution < 1.29 is 4.74 Å². The van der Waals surface area contributed by atoms with Crippen LogP contribution in [0.15, 0.2) is 47.1 Å². The highest BCUT2D eigenvalue weighted by Gasteiger charge is 2.07. The van der Waals surface area contributed by atoms with Crippen molar-refractivity contribution in [3.63, 3.8) is 0 Å². The van der Waals surface area contributed by atoms with Gasteiger partial charge in [0.05, 0.1) is 10.2 Å². The fraction of sp³-hybridized carbons (Fsp3) is 0.154. The molecule has 1 aromatic heterocycles. The Bertz CT molecular complexity index is 488. The van der Waals surface area contributed by atoms with E-state index >= 15 is 0 Å². The Balaban J connectivity index is 2.14. The lowest BCUT2D eigenvalue weighted by atomic mass is 10.2. The van der Waals surface area contributed by atoms with E-state index < -0.39 is 0 Å². The minimum Gasteiger partial charge on any atom is -0.486 e. The Labute approximate surface area is 109 Å². The molecule has 0 bridgehead atoms. The molecule has 0 aliphatic heterocycles. The van der Waals surface area contributed by atoms with Crippen molar-refractivity contribution >= 4 is 15.9 Å². The first kappa shape index (κ1) is 12.1. The third-order valence-corrected chi connectivity index (χ3v) is 2.98. The number of rotatable bonds is 4. The van der Waals surface area contributed by atoms with Crippen LogP contribution >= 0.6 is 15.9 Å². The van der Waals surface area contributed by atoms with Crippen LogP contribution in [-0.4, -0.2) is 4.98 Å². The molecule has 2 aromatic rings. The first-order chi connectivity index (χ1) is 8.31. The van der Waals surface area contributed by atoms with Gasteiger partial charge in [-0.1, -0.05) is 18.2 Å². The number of pyridine rings is 1. The highest BCUT2D eigenvalue weighted by Crippen LogP contribution is 2.29. The second kappa shape index (κ2) is 5.80. The number of nitrogens with two attached hydrogens (primary N) is 1. The zero-order valence-electron chi connectivity index (χ0n) is 9.27. The Morgan fingerprint density at radius 3 is 2.76 bits per heavy atom. The number of halogens is 1. The van der Waals surface area contributed by atoms with E-state index in [1.54, 1.807) is 6.20 Å². The predicted molar refractivity (Wildman–Crippen MR) is 70.6 cm³/mol. The molecule has 2 rings (SSSR count). The number of hydrogen-bond donors (Lipinski definition) is 1. The normalized spacial score (nSPS) is 10.2. The first-order valence-electron chi connectivity index (χ1n) is 5.31. The maximum Gasteiger partial charge on any atom is 0.138 e. The lowest BCUT2D eigenvalue weighted by Crippen LogP contribution is -2.04. The molecular weight excluding hydrogens is 280 g/mol. The number of benzene rings is 1. The van der Waals surface area contributed by atoms with Crippen LogP contribution in [0.1, 0.15) is 11.3 Å². The second-order valence-corrected chi connectivity index (χ2v) is 4.40. The van der Waals surface area contributed by atoms with Gasteiger partial charge in [0.25, 0.3) is 0 Å². The van der Waals surface area contributed by atoms with Gasteiger partial charge in [-0.25, -0.2) is 0 Å². The Kier molecular flexibility index (Phi) is 4.12. The Hall–Kier alpha value is -1.39. The molecule has 0 spiro atoms. The number of hydrogen-bond acceptors (Lipinski definition) is 3. The summed E-state index contributed by atoms with van der Waals surface area (Å²) < 4.78 is 6.67. The summed E-state index contributed by atoms with van der Waals surface area (Å²) in [6.07, 6.45) is 1.75. The summed E-state index contributed by atoms with van der Waals surface area (Å²) in [4.78, 5) is 4.21. The molecular formula is C13H13BrN2O. The Morgan fingerprint density at radius 2 is 2.06 bits per heavy atom. The fourth-order valence-corrected chi connectivity index (χ4v) is 2.03. The molecule has 3 nitrogen and oxygen atoms in total. The molecule has 0 radical (unpaired) electrons. The maximum atomic E-state index is 5.76. The van der Waals surface area contributed by atoms with Gasteiger partial charge in [0.1, 0.15) is 12.4 Å². The second-order valence-electron chi connectivity index (χ2n) is 3.54. The van der Waals surface area contributed by atoms with Crippen molar-refractivity contribution in [3.05, 3.63) is 58.3 Å². The minimum atomic E-state index is 0.441. The van der Waals surface area contributed by atoms with Crippen LogP contribution in [0.25, 0.3) is 0 Å². The van der Waals surface area contributed by atoms with Gasteiger partial charge in [-0.3, -0.25) is 4.98 Å². The van der Waals surface area contributed by atoms with Gasteiger partial charge in [0.15, 0.2) is 0 Å². The zero-order valence-corrected chi connectivity index (χ0v) is 10.9. The van der Waals surface area contributed by atoms with Crippen LogP contribution in [-0.2, 0) is 13.2 Å². The zero-order chi connectivity index (χ0) is 12.1. The van der Waals surface area contributed by atoms with Crippen LogP contribution in [0.2, 0.25) is 0 Å². The molecule has 0 saturated heterocycles. The molecule has 0 fully saturated rings. The lowest BCUT2D eigenvalue weighted by molar-refractivity contribution is 0.296. The van der Waals surface area contributed by atoms with E-state index in [9.17, 15) is 0 Å². The van der Waals surface area contributed by atoms with E-state index in [1.165, 1.54) is 0 Å². The summed E-state index contributed by atoms with van der Waals surface area (Å²) in [7, 11) is 0. The average molecular weight is 293 g/mol. The van der Waals surface area contributed by atoms with E-state index in [1.807, 2.05) is 36.4 Å². The van der Waals surface area contributed by atoms with E-state index in [4.69, 9.17) is 10.5 Å². The van der Waals surface area contributed by atoms with E-state index in [0.717, 1.165) is 21.5 Å². The first-order valence-corrected chi connectivity index (χ1v) is 6.10. The standard InChI is InChI=1S/C13H13BrN2O/c14-12-6-3-4-10(8-15)13(12)17-9-11-5-1-2-7-16-11/h1-7H,8-9,15H2. The summed E-state index contributed by atoms with van der Waals surface area (Å²) in [6, 6.07) is 11.6. The number of para-hydroxylation sites is 1. The minimum absolute atomic E-state index is 0.441. The third-order valence-electron chi connectivity index (χ3n) is 2.36. The lowest BCUT2D eigenvalue weighted by Gasteiger charge is -2.11. The van der Waals surface area contributed by atoms with Crippen molar-refractivity contribution in [1.82, 2.24) is 4.98 Å². The van der Waals surface area contributed by atoms with Gasteiger partial charge < -0.3 is 10.5 Å². The van der Waals surface area contributed by atoms with Crippen LogP contribution in [0, 0.1) is 0 Å². The number of aromatic nitrogens is 1. The van der Waals surface area contributed by atoms with Crippen molar-refractivity contribution in [2.45, 2.75) is 13.2 Å². The van der Waals surface area contributed by atoms with E-state index in [2.05, 4.69) is 20.9 Å². The summed E-state index contributed by atoms with van der Waals surface area (Å²) in [5.74, 6) is 0.792. The molecule has 0 atom stereocenters. The smallest absolute Gasteiger partial charge is 0.138 e. The van der Waals surface area contributed by atoms with E-state index in [0.29, 0.717) is 13.2 Å². The van der Waals surface area contributed by atoms with Crippen LogP contribution in [0.3, 0.4) is 0 Å². The molecule has 17 heavy (non-hydrogen) atoms. The molecule has 0 amide bonds. The third kappa shape index (κ3) is 3.05. The van der Waals surface area contributed by atoms with Gasteiger partial charge in [-0.15, -0.1) is 0 Å². The van der Waals surface area contributed by atoms with Crippen LogP contribution in [0.5, 0.6) is 5.75 Å². The fourth-order valence-electron chi connectivity index (χ4n) is 1.51. The van der Waals surface area contributed by atoms with Gasteiger partial charge in [-0.05, 0) is 34.1 Å². The molecule has 1 heterocycles. The predicted octanol–water partition coefficient (Wildman–Crippen LogP) is 2.88. The van der Waals surface area contributed by atoms with Gasteiger partial charge in [-0.2, -0.15) is 0 Å². The highest BCUT2D eigenvalue weighted by molar-refractivity contribution is 9.10. The number of ether oxygens (including phenoxy) is 1. The van der Waals surface area contributed by atoms with Crippen molar-refractivity contribution in [1.29, 1.82) is 0 Å². The van der Waals surface area contributed by atoms with Crippen LogP contribution in [0.4, 0.5) is 0 Å². The molecule has 0 aliphatic carbocycles.